The number of nitrogens with one attached hydrogen (secondary N) is 1. The lowest BCUT2D eigenvalue weighted by Gasteiger charge is -2.09. The molecule has 1 unspecified atom stereocenters. The number of rotatable bonds is 5. The van der Waals surface area contributed by atoms with Gasteiger partial charge in [0.05, 0.1) is 23.4 Å². The number of aliphatic hydroxyl groups excluding tert-OH is 1. The molecular weight excluding hydrogens is 250 g/mol. The predicted octanol–water partition coefficient (Wildman–Crippen LogP) is -0.596. The first-order valence-corrected chi connectivity index (χ1v) is 8.03. The third-order valence-corrected chi connectivity index (χ3v) is 5.52. The van der Waals surface area contributed by atoms with E-state index in [4.69, 9.17) is 5.11 Å². The Labute approximate surface area is 99.9 Å². The van der Waals surface area contributed by atoms with Crippen LogP contribution in [0.25, 0.3) is 0 Å². The molecule has 1 saturated heterocycles. The summed E-state index contributed by atoms with van der Waals surface area (Å²) in [5.74, 6) is 0.518. The number of hydrogen-bond acceptors (Lipinski definition) is 5. The van der Waals surface area contributed by atoms with Crippen molar-refractivity contribution in [2.75, 3.05) is 23.8 Å². The first-order valence-electron chi connectivity index (χ1n) is 5.16. The highest BCUT2D eigenvalue weighted by Crippen LogP contribution is 2.23. The number of aliphatic hydroxyl groups is 1. The molecular formula is C9H17NO4S2. The number of hydrogen-bond donors (Lipinski definition) is 2. The van der Waals surface area contributed by atoms with Crippen molar-refractivity contribution in [2.24, 2.45) is 0 Å². The molecule has 0 spiro atoms. The van der Waals surface area contributed by atoms with Gasteiger partial charge in [-0.05, 0) is 13.3 Å². The van der Waals surface area contributed by atoms with Gasteiger partial charge in [0, 0.05) is 11.8 Å². The van der Waals surface area contributed by atoms with E-state index in [-0.39, 0.29) is 35.0 Å². The topological polar surface area (TPSA) is 83.5 Å². The smallest absolute Gasteiger partial charge is 0.230 e. The summed E-state index contributed by atoms with van der Waals surface area (Å²) in [7, 11) is -2.86. The predicted molar refractivity (Wildman–Crippen MR) is 64.2 cm³/mol. The van der Waals surface area contributed by atoms with E-state index in [1.165, 1.54) is 11.8 Å². The highest BCUT2D eigenvalue weighted by Gasteiger charge is 2.28. The van der Waals surface area contributed by atoms with Gasteiger partial charge >= 0.3 is 0 Å². The highest BCUT2D eigenvalue weighted by molar-refractivity contribution is 8.02. The molecule has 1 aliphatic heterocycles. The first-order chi connectivity index (χ1) is 7.39. The minimum Gasteiger partial charge on any atom is -0.392 e. The SMILES string of the molecule is C[C@@H](O)CNC(=O)CSC1CCS(=O)(=O)C1. The maximum Gasteiger partial charge on any atom is 0.230 e. The van der Waals surface area contributed by atoms with Gasteiger partial charge in [-0.15, -0.1) is 11.8 Å². The molecule has 0 bridgehead atoms. The van der Waals surface area contributed by atoms with E-state index in [9.17, 15) is 13.2 Å². The Kier molecular flexibility index (Phi) is 5.07. The van der Waals surface area contributed by atoms with Crippen LogP contribution in [0.3, 0.4) is 0 Å². The van der Waals surface area contributed by atoms with Crippen LogP contribution in [0.1, 0.15) is 13.3 Å². The van der Waals surface area contributed by atoms with Crippen molar-refractivity contribution in [2.45, 2.75) is 24.7 Å². The van der Waals surface area contributed by atoms with E-state index in [1.54, 1.807) is 6.92 Å². The van der Waals surface area contributed by atoms with Crippen molar-refractivity contribution in [3.8, 4) is 0 Å². The van der Waals surface area contributed by atoms with E-state index in [0.717, 1.165) is 0 Å². The van der Waals surface area contributed by atoms with Crippen LogP contribution in [0.4, 0.5) is 0 Å². The zero-order chi connectivity index (χ0) is 12.2. The second-order valence-electron chi connectivity index (χ2n) is 3.99. The Morgan fingerprint density at radius 2 is 2.31 bits per heavy atom. The number of thioether (sulfide) groups is 1. The van der Waals surface area contributed by atoms with E-state index in [2.05, 4.69) is 5.32 Å². The van der Waals surface area contributed by atoms with Crippen LogP contribution in [-0.2, 0) is 14.6 Å². The van der Waals surface area contributed by atoms with Gasteiger partial charge in [0.15, 0.2) is 9.84 Å². The fraction of sp³-hybridized carbons (Fsp3) is 0.889. The molecule has 2 N–H and O–H groups in total. The summed E-state index contributed by atoms with van der Waals surface area (Å²) in [6.07, 6.45) is 0.0808. The quantitative estimate of drug-likeness (QED) is 0.695. The van der Waals surface area contributed by atoms with Gasteiger partial charge in [0.1, 0.15) is 0 Å². The van der Waals surface area contributed by atoms with Crippen molar-refractivity contribution in [1.82, 2.24) is 5.32 Å². The molecule has 1 fully saturated rings. The first kappa shape index (κ1) is 13.8. The van der Waals surface area contributed by atoms with E-state index in [1.807, 2.05) is 0 Å². The molecule has 16 heavy (non-hydrogen) atoms. The summed E-state index contributed by atoms with van der Waals surface area (Å²) in [6.45, 7) is 1.83. The van der Waals surface area contributed by atoms with Crippen LogP contribution in [0.5, 0.6) is 0 Å². The minimum atomic E-state index is -2.86. The third-order valence-electron chi connectivity index (χ3n) is 2.24. The molecule has 0 aromatic rings. The zero-order valence-corrected chi connectivity index (χ0v) is 10.8. The summed E-state index contributed by atoms with van der Waals surface area (Å²) in [6, 6.07) is 0. The molecule has 0 saturated carbocycles. The molecule has 1 amide bonds. The molecule has 0 aromatic carbocycles. The van der Waals surface area contributed by atoms with E-state index < -0.39 is 15.9 Å². The number of amides is 1. The minimum absolute atomic E-state index is 0.0438. The van der Waals surface area contributed by atoms with Crippen molar-refractivity contribution in [3.63, 3.8) is 0 Å². The van der Waals surface area contributed by atoms with Crippen LogP contribution in [0.15, 0.2) is 0 Å². The summed E-state index contributed by atoms with van der Waals surface area (Å²) >= 11 is 1.37. The Balaban J connectivity index is 2.18. The van der Waals surface area contributed by atoms with Crippen LogP contribution in [0, 0.1) is 0 Å². The summed E-state index contributed by atoms with van der Waals surface area (Å²) in [5.41, 5.74) is 0. The standard InChI is InChI=1S/C9H17NO4S2/c1-7(11)4-10-9(12)5-15-8-2-3-16(13,14)6-8/h7-8,11H,2-6H2,1H3,(H,10,12)/t7-,8?/m1/s1. The molecule has 7 heteroatoms. The summed E-state index contributed by atoms with van der Waals surface area (Å²) < 4.78 is 22.3. The van der Waals surface area contributed by atoms with Gasteiger partial charge < -0.3 is 10.4 Å². The monoisotopic (exact) mass is 267 g/mol. The Morgan fingerprint density at radius 1 is 1.62 bits per heavy atom. The van der Waals surface area contributed by atoms with Crippen molar-refractivity contribution in [1.29, 1.82) is 0 Å². The molecule has 2 atom stereocenters. The molecule has 94 valence electrons. The average molecular weight is 267 g/mol. The lowest BCUT2D eigenvalue weighted by atomic mass is 10.4. The maximum absolute atomic E-state index is 11.3. The van der Waals surface area contributed by atoms with E-state index in [0.29, 0.717) is 6.42 Å². The molecule has 0 radical (unpaired) electrons. The van der Waals surface area contributed by atoms with Crippen molar-refractivity contribution < 1.29 is 18.3 Å². The van der Waals surface area contributed by atoms with Crippen LogP contribution >= 0.6 is 11.8 Å². The summed E-state index contributed by atoms with van der Waals surface area (Å²) in [4.78, 5) is 11.3. The van der Waals surface area contributed by atoms with Gasteiger partial charge in [-0.25, -0.2) is 8.42 Å². The fourth-order valence-corrected chi connectivity index (χ4v) is 4.87. The van der Waals surface area contributed by atoms with Gasteiger partial charge in [-0.2, -0.15) is 0 Å². The van der Waals surface area contributed by atoms with Gasteiger partial charge in [0.25, 0.3) is 0 Å². The molecule has 0 aromatic heterocycles. The van der Waals surface area contributed by atoms with Gasteiger partial charge in [-0.3, -0.25) is 4.79 Å². The lowest BCUT2D eigenvalue weighted by Crippen LogP contribution is -2.32. The van der Waals surface area contributed by atoms with Crippen LogP contribution < -0.4 is 5.32 Å². The zero-order valence-electron chi connectivity index (χ0n) is 9.18. The molecule has 1 rings (SSSR count). The Morgan fingerprint density at radius 3 is 2.81 bits per heavy atom. The van der Waals surface area contributed by atoms with Gasteiger partial charge in [0.2, 0.25) is 5.91 Å². The van der Waals surface area contributed by atoms with Crippen molar-refractivity contribution in [3.05, 3.63) is 0 Å². The van der Waals surface area contributed by atoms with Crippen molar-refractivity contribution >= 4 is 27.5 Å². The second-order valence-corrected chi connectivity index (χ2v) is 7.51. The number of sulfone groups is 1. The van der Waals surface area contributed by atoms with E-state index >= 15 is 0 Å². The second kappa shape index (κ2) is 5.88. The molecule has 5 nitrogen and oxygen atoms in total. The highest BCUT2D eigenvalue weighted by atomic mass is 32.2. The molecule has 0 aliphatic carbocycles. The molecule has 1 aliphatic rings. The number of carbonyl (C=O) groups is 1. The van der Waals surface area contributed by atoms with Gasteiger partial charge in [-0.1, -0.05) is 0 Å². The van der Waals surface area contributed by atoms with Crippen LogP contribution in [-0.4, -0.2) is 54.6 Å². The normalized spacial score (nSPS) is 25.2. The lowest BCUT2D eigenvalue weighted by molar-refractivity contribution is -0.118. The Hall–Kier alpha value is -0.270. The maximum atomic E-state index is 11.3. The molecule has 1 heterocycles. The third kappa shape index (κ3) is 5.18. The largest absolute Gasteiger partial charge is 0.392 e. The average Bonchev–Trinajstić information content (AvgIpc) is 2.52. The fourth-order valence-electron chi connectivity index (χ4n) is 1.40. The van der Waals surface area contributed by atoms with Crippen LogP contribution in [0.2, 0.25) is 0 Å². The number of carbonyl (C=O) groups excluding carboxylic acids is 1. The Bertz CT molecular complexity index is 339. The summed E-state index contributed by atoms with van der Waals surface area (Å²) in [5, 5.41) is 11.6.